The number of sulfonamides is 1. The fourth-order valence-corrected chi connectivity index (χ4v) is 1.00. The minimum Gasteiger partial charge on any atom is -0.354 e. The summed E-state index contributed by atoms with van der Waals surface area (Å²) in [6.45, 7) is 0.191. The molecule has 5 nitrogen and oxygen atoms in total. The fourth-order valence-electron chi connectivity index (χ4n) is 0.649. The van der Waals surface area contributed by atoms with E-state index in [1.165, 1.54) is 7.05 Å². The molecule has 0 aromatic heterocycles. The van der Waals surface area contributed by atoms with Crippen LogP contribution in [-0.2, 0) is 14.8 Å². The van der Waals surface area contributed by atoms with E-state index in [2.05, 4.69) is 11.2 Å². The number of hydrogen-bond donors (Lipinski definition) is 1. The first-order valence-electron chi connectivity index (χ1n) is 3.99. The molecule has 0 aliphatic heterocycles. The molecule has 0 bridgehead atoms. The highest BCUT2D eigenvalue weighted by atomic mass is 32.2. The van der Waals surface area contributed by atoms with Crippen molar-refractivity contribution in [3.8, 4) is 12.3 Å². The predicted molar refractivity (Wildman–Crippen MR) is 53.9 cm³/mol. The molecule has 0 spiro atoms. The molecule has 0 fully saturated rings. The van der Waals surface area contributed by atoms with Crippen molar-refractivity contribution >= 4 is 15.9 Å². The number of hydrogen-bond acceptors (Lipinski definition) is 3. The molecule has 0 rings (SSSR count). The van der Waals surface area contributed by atoms with Gasteiger partial charge in [-0.15, -0.1) is 12.3 Å². The maximum absolute atomic E-state index is 11.1. The predicted octanol–water partition coefficient (Wildman–Crippen LogP) is -0.983. The van der Waals surface area contributed by atoms with Gasteiger partial charge in [0, 0.05) is 20.0 Å². The average Bonchev–Trinajstić information content (AvgIpc) is 2.03. The maximum atomic E-state index is 11.1. The van der Waals surface area contributed by atoms with E-state index in [4.69, 9.17) is 6.42 Å². The number of carbonyl (C=O) groups is 1. The third-order valence-electron chi connectivity index (χ3n) is 1.52. The van der Waals surface area contributed by atoms with Gasteiger partial charge in [0.15, 0.2) is 0 Å². The van der Waals surface area contributed by atoms with Crippen molar-refractivity contribution in [1.82, 2.24) is 9.62 Å². The molecule has 1 amide bonds. The lowest BCUT2D eigenvalue weighted by atomic mass is 10.4. The Morgan fingerprint density at radius 3 is 2.57 bits per heavy atom. The van der Waals surface area contributed by atoms with Gasteiger partial charge in [0.25, 0.3) is 0 Å². The summed E-state index contributed by atoms with van der Waals surface area (Å²) >= 11 is 0. The van der Waals surface area contributed by atoms with Crippen molar-refractivity contribution in [2.75, 3.05) is 26.4 Å². The van der Waals surface area contributed by atoms with Gasteiger partial charge in [0.05, 0.1) is 12.8 Å². The first kappa shape index (κ1) is 12.9. The monoisotopic (exact) mass is 218 g/mol. The minimum absolute atomic E-state index is 0.177. The molecular weight excluding hydrogens is 204 g/mol. The average molecular weight is 218 g/mol. The van der Waals surface area contributed by atoms with Crippen LogP contribution in [0.1, 0.15) is 6.42 Å². The number of nitrogens with one attached hydrogen (secondary N) is 1. The lowest BCUT2D eigenvalue weighted by molar-refractivity contribution is -0.121. The molecule has 0 saturated carbocycles. The zero-order chi connectivity index (χ0) is 11.2. The molecule has 14 heavy (non-hydrogen) atoms. The topological polar surface area (TPSA) is 66.5 Å². The van der Waals surface area contributed by atoms with Crippen molar-refractivity contribution in [2.24, 2.45) is 0 Å². The summed E-state index contributed by atoms with van der Waals surface area (Å²) in [6, 6.07) is 0. The van der Waals surface area contributed by atoms with E-state index in [1.807, 2.05) is 0 Å². The van der Waals surface area contributed by atoms with E-state index >= 15 is 0 Å². The first-order chi connectivity index (χ1) is 6.38. The number of likely N-dealkylation sites (N-methyl/N-ethyl adjacent to an activating group) is 1. The van der Waals surface area contributed by atoms with Crippen molar-refractivity contribution < 1.29 is 13.2 Å². The number of terminal acetylenes is 1. The van der Waals surface area contributed by atoms with Gasteiger partial charge in [-0.3, -0.25) is 4.79 Å². The molecule has 0 saturated heterocycles. The second-order valence-corrected chi connectivity index (χ2v) is 4.91. The summed E-state index contributed by atoms with van der Waals surface area (Å²) in [5.74, 6) is 2.01. The summed E-state index contributed by atoms with van der Waals surface area (Å²) in [5.41, 5.74) is 0. The molecular formula is C8H14N2O3S. The van der Waals surface area contributed by atoms with Crippen LogP contribution in [0.3, 0.4) is 0 Å². The molecule has 0 aliphatic rings. The van der Waals surface area contributed by atoms with Crippen LogP contribution in [-0.4, -0.2) is 45.0 Å². The number of rotatable bonds is 5. The smallest absolute Gasteiger partial charge is 0.235 e. The lowest BCUT2D eigenvalue weighted by Crippen LogP contribution is -2.38. The summed E-state index contributed by atoms with van der Waals surface area (Å²) in [7, 11) is -1.95. The van der Waals surface area contributed by atoms with Gasteiger partial charge in [-0.2, -0.15) is 4.31 Å². The van der Waals surface area contributed by atoms with E-state index in [0.29, 0.717) is 13.0 Å². The Morgan fingerprint density at radius 1 is 1.57 bits per heavy atom. The van der Waals surface area contributed by atoms with E-state index in [-0.39, 0.29) is 12.5 Å². The Bertz CT molecular complexity index is 329. The summed E-state index contributed by atoms with van der Waals surface area (Å²) in [4.78, 5) is 11.1. The quantitative estimate of drug-likeness (QED) is 0.476. The highest BCUT2D eigenvalue weighted by molar-refractivity contribution is 7.88. The third-order valence-corrected chi connectivity index (χ3v) is 2.79. The Morgan fingerprint density at radius 2 is 2.14 bits per heavy atom. The Balaban J connectivity index is 3.91. The molecule has 0 radical (unpaired) electrons. The molecule has 80 valence electrons. The van der Waals surface area contributed by atoms with Crippen LogP contribution in [0.25, 0.3) is 0 Å². The standard InChI is InChI=1S/C8H14N2O3S/c1-4-5-6-9-8(11)7-10(2)14(3,12)13/h1H,5-7H2,2-3H3,(H,9,11). The second-order valence-electron chi connectivity index (χ2n) is 2.82. The van der Waals surface area contributed by atoms with Crippen molar-refractivity contribution in [2.45, 2.75) is 6.42 Å². The van der Waals surface area contributed by atoms with Crippen molar-refractivity contribution in [3.05, 3.63) is 0 Å². The highest BCUT2D eigenvalue weighted by Gasteiger charge is 2.14. The van der Waals surface area contributed by atoms with Gasteiger partial charge in [0.2, 0.25) is 15.9 Å². The molecule has 0 aromatic carbocycles. The normalized spacial score (nSPS) is 11.0. The van der Waals surface area contributed by atoms with Gasteiger partial charge in [0.1, 0.15) is 0 Å². The minimum atomic E-state index is -3.30. The Labute approximate surface area is 84.5 Å². The third kappa shape index (κ3) is 5.56. The number of carbonyl (C=O) groups excluding carboxylic acids is 1. The van der Waals surface area contributed by atoms with Gasteiger partial charge in [-0.05, 0) is 0 Å². The molecule has 0 atom stereocenters. The molecule has 0 heterocycles. The summed E-state index contributed by atoms with van der Waals surface area (Å²) in [5, 5.41) is 2.50. The van der Waals surface area contributed by atoms with Crippen LogP contribution in [0.5, 0.6) is 0 Å². The molecule has 0 unspecified atom stereocenters. The van der Waals surface area contributed by atoms with Crippen LogP contribution in [0.15, 0.2) is 0 Å². The van der Waals surface area contributed by atoms with E-state index < -0.39 is 10.0 Å². The molecule has 1 N–H and O–H groups in total. The number of amides is 1. The van der Waals surface area contributed by atoms with E-state index in [1.54, 1.807) is 0 Å². The van der Waals surface area contributed by atoms with Gasteiger partial charge < -0.3 is 5.32 Å². The SMILES string of the molecule is C#CCCNC(=O)CN(C)S(C)(=O)=O. The fraction of sp³-hybridized carbons (Fsp3) is 0.625. The van der Waals surface area contributed by atoms with Crippen molar-refractivity contribution in [1.29, 1.82) is 0 Å². The van der Waals surface area contributed by atoms with Crippen molar-refractivity contribution in [3.63, 3.8) is 0 Å². The highest BCUT2D eigenvalue weighted by Crippen LogP contribution is 1.91. The second kappa shape index (κ2) is 5.62. The first-order valence-corrected chi connectivity index (χ1v) is 5.84. The van der Waals surface area contributed by atoms with Gasteiger partial charge in [-0.1, -0.05) is 0 Å². The van der Waals surface area contributed by atoms with E-state index in [9.17, 15) is 13.2 Å². The van der Waals surface area contributed by atoms with Gasteiger partial charge in [-0.25, -0.2) is 8.42 Å². The summed E-state index contributed by atoms with van der Waals surface area (Å²) in [6.07, 6.45) is 6.46. The van der Waals surface area contributed by atoms with Crippen LogP contribution in [0, 0.1) is 12.3 Å². The largest absolute Gasteiger partial charge is 0.354 e. The van der Waals surface area contributed by atoms with Crippen LogP contribution < -0.4 is 5.32 Å². The lowest BCUT2D eigenvalue weighted by Gasteiger charge is -2.12. The molecule has 0 aliphatic carbocycles. The van der Waals surface area contributed by atoms with Gasteiger partial charge >= 0.3 is 0 Å². The maximum Gasteiger partial charge on any atom is 0.235 e. The van der Waals surface area contributed by atoms with Crippen LogP contribution >= 0.6 is 0 Å². The Kier molecular flexibility index (Phi) is 5.20. The zero-order valence-electron chi connectivity index (χ0n) is 8.28. The number of nitrogens with zero attached hydrogens (tertiary/aromatic N) is 1. The summed E-state index contributed by atoms with van der Waals surface area (Å²) < 4.78 is 22.8. The zero-order valence-corrected chi connectivity index (χ0v) is 9.10. The van der Waals surface area contributed by atoms with Crippen LogP contribution in [0.2, 0.25) is 0 Å². The molecule has 6 heteroatoms. The van der Waals surface area contributed by atoms with E-state index in [0.717, 1.165) is 10.6 Å². The Hall–Kier alpha value is -1.06. The molecule has 0 aromatic rings. The van der Waals surface area contributed by atoms with Crippen LogP contribution in [0.4, 0.5) is 0 Å².